The summed E-state index contributed by atoms with van der Waals surface area (Å²) in [5.74, 6) is 5.09. The van der Waals surface area contributed by atoms with Gasteiger partial charge in [0.15, 0.2) is 0 Å². The van der Waals surface area contributed by atoms with Crippen LogP contribution in [0.25, 0.3) is 0 Å². The topological polar surface area (TPSA) is 29.5 Å². The molecule has 5 heteroatoms. The number of halogens is 3. The van der Waals surface area contributed by atoms with Crippen molar-refractivity contribution in [3.05, 3.63) is 35.4 Å². The summed E-state index contributed by atoms with van der Waals surface area (Å²) in [6.45, 7) is -1.73. The third-order valence-electron chi connectivity index (χ3n) is 1.84. The van der Waals surface area contributed by atoms with Gasteiger partial charge in [-0.15, -0.1) is 0 Å². The normalized spacial score (nSPS) is 10.8. The lowest BCUT2D eigenvalue weighted by Crippen LogP contribution is -2.16. The molecule has 0 unspecified atom stereocenters. The summed E-state index contributed by atoms with van der Waals surface area (Å²) >= 11 is 0. The van der Waals surface area contributed by atoms with E-state index in [0.29, 0.717) is 11.1 Å². The second-order valence-electron chi connectivity index (χ2n) is 3.23. The maximum Gasteiger partial charge on any atom is 0.411 e. The van der Waals surface area contributed by atoms with Crippen molar-refractivity contribution in [1.82, 2.24) is 0 Å². The third kappa shape index (κ3) is 5.38. The van der Waals surface area contributed by atoms with Crippen LogP contribution in [0.4, 0.5) is 13.2 Å². The van der Waals surface area contributed by atoms with Gasteiger partial charge in [-0.2, -0.15) is 13.2 Å². The van der Waals surface area contributed by atoms with Crippen molar-refractivity contribution in [2.24, 2.45) is 0 Å². The van der Waals surface area contributed by atoms with Gasteiger partial charge in [0.1, 0.15) is 13.2 Å². The summed E-state index contributed by atoms with van der Waals surface area (Å²) in [6.07, 6.45) is -4.33. The number of benzene rings is 1. The smallest absolute Gasteiger partial charge is 0.384 e. The van der Waals surface area contributed by atoms with Crippen LogP contribution in [0.3, 0.4) is 0 Å². The predicted octanol–water partition coefficient (Wildman–Crippen LogP) is 2.11. The van der Waals surface area contributed by atoms with Gasteiger partial charge in [-0.1, -0.05) is 30.0 Å². The zero-order chi connectivity index (χ0) is 12.7. The van der Waals surface area contributed by atoms with Gasteiger partial charge in [-0.3, -0.25) is 0 Å². The molecule has 0 saturated heterocycles. The highest BCUT2D eigenvalue weighted by molar-refractivity contribution is 5.40. The SMILES string of the molecule is OCC#Cc1ccccc1COCC(F)(F)F. The number of rotatable bonds is 3. The van der Waals surface area contributed by atoms with Crippen LogP contribution in [0.1, 0.15) is 11.1 Å². The molecule has 0 aliphatic heterocycles. The van der Waals surface area contributed by atoms with Crippen molar-refractivity contribution in [2.45, 2.75) is 12.8 Å². The van der Waals surface area contributed by atoms with Crippen molar-refractivity contribution < 1.29 is 23.0 Å². The molecule has 0 radical (unpaired) electrons. The van der Waals surface area contributed by atoms with Crippen LogP contribution in [0.15, 0.2) is 24.3 Å². The Balaban J connectivity index is 2.64. The van der Waals surface area contributed by atoms with Crippen LogP contribution >= 0.6 is 0 Å². The Morgan fingerprint density at radius 3 is 2.59 bits per heavy atom. The van der Waals surface area contributed by atoms with Gasteiger partial charge in [0.2, 0.25) is 0 Å². The highest BCUT2D eigenvalue weighted by Gasteiger charge is 2.27. The molecule has 0 heterocycles. The standard InChI is InChI=1S/C12H11F3O2/c13-12(14,15)9-17-8-11-5-2-1-4-10(11)6-3-7-16/h1-2,4-5,16H,7-9H2. The first-order chi connectivity index (χ1) is 8.03. The van der Waals surface area contributed by atoms with Crippen LogP contribution in [0.5, 0.6) is 0 Å². The van der Waals surface area contributed by atoms with E-state index in [1.54, 1.807) is 24.3 Å². The molecular weight excluding hydrogens is 233 g/mol. The number of aliphatic hydroxyl groups excluding tert-OH is 1. The molecule has 1 N–H and O–H groups in total. The molecule has 1 aromatic rings. The molecule has 0 aromatic heterocycles. The molecule has 17 heavy (non-hydrogen) atoms. The molecule has 0 aliphatic carbocycles. The van der Waals surface area contributed by atoms with Crippen molar-refractivity contribution in [2.75, 3.05) is 13.2 Å². The third-order valence-corrected chi connectivity index (χ3v) is 1.84. The van der Waals surface area contributed by atoms with E-state index in [0.717, 1.165) is 0 Å². The summed E-state index contributed by atoms with van der Waals surface area (Å²) < 4.78 is 40.2. The van der Waals surface area contributed by atoms with Crippen LogP contribution in [-0.4, -0.2) is 24.5 Å². The van der Waals surface area contributed by atoms with E-state index in [4.69, 9.17) is 5.11 Å². The molecule has 92 valence electrons. The van der Waals surface area contributed by atoms with Gasteiger partial charge >= 0.3 is 6.18 Å². The number of hydrogen-bond acceptors (Lipinski definition) is 2. The van der Waals surface area contributed by atoms with Crippen LogP contribution in [0.2, 0.25) is 0 Å². The molecule has 0 fully saturated rings. The number of alkyl halides is 3. The van der Waals surface area contributed by atoms with E-state index < -0.39 is 12.8 Å². The van der Waals surface area contributed by atoms with Gasteiger partial charge in [-0.25, -0.2) is 0 Å². The Hall–Kier alpha value is -1.51. The Morgan fingerprint density at radius 2 is 1.94 bits per heavy atom. The lowest BCUT2D eigenvalue weighted by molar-refractivity contribution is -0.176. The summed E-state index contributed by atoms with van der Waals surface area (Å²) in [5, 5.41) is 8.55. The zero-order valence-electron chi connectivity index (χ0n) is 8.92. The minimum Gasteiger partial charge on any atom is -0.384 e. The van der Waals surface area contributed by atoms with E-state index in [1.807, 2.05) is 0 Å². The first-order valence-electron chi connectivity index (χ1n) is 4.85. The molecule has 0 aliphatic rings. The second kappa shape index (κ2) is 6.28. The van der Waals surface area contributed by atoms with Crippen LogP contribution in [0, 0.1) is 11.8 Å². The summed E-state index contributed by atoms with van der Waals surface area (Å²) in [7, 11) is 0. The van der Waals surface area contributed by atoms with Crippen molar-refractivity contribution in [3.63, 3.8) is 0 Å². The quantitative estimate of drug-likeness (QED) is 0.825. The molecule has 0 bridgehead atoms. The lowest BCUT2D eigenvalue weighted by Gasteiger charge is -2.08. The van der Waals surface area contributed by atoms with E-state index >= 15 is 0 Å². The number of hydrogen-bond donors (Lipinski definition) is 1. The summed E-state index contributed by atoms with van der Waals surface area (Å²) in [4.78, 5) is 0. The van der Waals surface area contributed by atoms with E-state index in [1.165, 1.54) is 0 Å². The summed E-state index contributed by atoms with van der Waals surface area (Å²) in [6, 6.07) is 6.71. The van der Waals surface area contributed by atoms with Crippen molar-refractivity contribution >= 4 is 0 Å². The molecule has 0 saturated carbocycles. The fourth-order valence-electron chi connectivity index (χ4n) is 1.18. The predicted molar refractivity (Wildman–Crippen MR) is 56.1 cm³/mol. The molecule has 0 spiro atoms. The van der Waals surface area contributed by atoms with Gasteiger partial charge in [0, 0.05) is 5.56 Å². The fourth-order valence-corrected chi connectivity index (χ4v) is 1.18. The average molecular weight is 244 g/mol. The molecule has 2 nitrogen and oxygen atoms in total. The van der Waals surface area contributed by atoms with Crippen molar-refractivity contribution in [3.8, 4) is 11.8 Å². The Morgan fingerprint density at radius 1 is 1.24 bits per heavy atom. The molecule has 0 amide bonds. The van der Waals surface area contributed by atoms with Gasteiger partial charge in [0.05, 0.1) is 6.61 Å². The average Bonchev–Trinajstić information content (AvgIpc) is 2.26. The largest absolute Gasteiger partial charge is 0.411 e. The van der Waals surface area contributed by atoms with Crippen LogP contribution in [-0.2, 0) is 11.3 Å². The fraction of sp³-hybridized carbons (Fsp3) is 0.333. The lowest BCUT2D eigenvalue weighted by atomic mass is 10.1. The number of ether oxygens (including phenoxy) is 1. The Bertz CT molecular complexity index is 416. The summed E-state index contributed by atoms with van der Waals surface area (Å²) in [5.41, 5.74) is 1.13. The minimum absolute atomic E-state index is 0.157. The Labute approximate surface area is 97.0 Å². The maximum atomic E-state index is 11.9. The first kappa shape index (κ1) is 13.6. The molecule has 0 atom stereocenters. The highest BCUT2D eigenvalue weighted by atomic mass is 19.4. The maximum absolute atomic E-state index is 11.9. The molecule has 1 aromatic carbocycles. The van der Waals surface area contributed by atoms with E-state index in [9.17, 15) is 13.2 Å². The van der Waals surface area contributed by atoms with Crippen LogP contribution < -0.4 is 0 Å². The number of aliphatic hydroxyl groups is 1. The Kier molecular flexibility index (Phi) is 5.01. The minimum atomic E-state index is -4.33. The monoisotopic (exact) mass is 244 g/mol. The second-order valence-corrected chi connectivity index (χ2v) is 3.23. The first-order valence-corrected chi connectivity index (χ1v) is 4.85. The van der Waals surface area contributed by atoms with E-state index in [-0.39, 0.29) is 13.2 Å². The van der Waals surface area contributed by atoms with Crippen molar-refractivity contribution in [1.29, 1.82) is 0 Å². The van der Waals surface area contributed by atoms with Gasteiger partial charge in [0.25, 0.3) is 0 Å². The van der Waals surface area contributed by atoms with Gasteiger partial charge < -0.3 is 9.84 Å². The molecular formula is C12H11F3O2. The highest BCUT2D eigenvalue weighted by Crippen LogP contribution is 2.16. The van der Waals surface area contributed by atoms with Gasteiger partial charge in [-0.05, 0) is 11.6 Å². The molecule has 1 rings (SSSR count). The van der Waals surface area contributed by atoms with E-state index in [2.05, 4.69) is 16.6 Å². The zero-order valence-corrected chi connectivity index (χ0v) is 8.92.